The van der Waals surface area contributed by atoms with Crippen LogP contribution in [-0.2, 0) is 0 Å². The van der Waals surface area contributed by atoms with E-state index >= 15 is 0 Å². The predicted molar refractivity (Wildman–Crippen MR) is 98.6 cm³/mol. The van der Waals surface area contributed by atoms with Gasteiger partial charge in [0.2, 0.25) is 4.80 Å². The Morgan fingerprint density at radius 1 is 1.08 bits per heavy atom. The quantitative estimate of drug-likeness (QED) is 0.552. The zero-order valence-corrected chi connectivity index (χ0v) is 14.5. The Bertz CT molecular complexity index is 917. The number of aromatic hydroxyl groups is 2. The van der Waals surface area contributed by atoms with Crippen molar-refractivity contribution in [2.45, 2.75) is 6.92 Å². The van der Waals surface area contributed by atoms with Crippen molar-refractivity contribution in [1.29, 1.82) is 0 Å². The molecule has 1 heterocycles. The van der Waals surface area contributed by atoms with E-state index in [9.17, 15) is 10.2 Å². The summed E-state index contributed by atoms with van der Waals surface area (Å²) in [6.07, 6.45) is 1.46. The van der Waals surface area contributed by atoms with Gasteiger partial charge in [0, 0.05) is 28.4 Å². The maximum atomic E-state index is 9.73. The van der Waals surface area contributed by atoms with Gasteiger partial charge < -0.3 is 10.2 Å². The molecule has 3 aromatic rings. The summed E-state index contributed by atoms with van der Waals surface area (Å²) in [6.45, 7) is 2.01. The maximum Gasteiger partial charge on any atom is 0.215 e. The average molecular weight is 362 g/mol. The Balaban J connectivity index is 0.00000208. The molecule has 0 bridgehead atoms. The molecule has 0 saturated heterocycles. The molecule has 0 aliphatic rings. The van der Waals surface area contributed by atoms with E-state index in [4.69, 9.17) is 0 Å². The third-order valence-corrected chi connectivity index (χ3v) is 4.18. The van der Waals surface area contributed by atoms with E-state index in [-0.39, 0.29) is 23.9 Å². The first kappa shape index (κ1) is 17.8. The number of thiazole rings is 1. The molecule has 24 heavy (non-hydrogen) atoms. The summed E-state index contributed by atoms with van der Waals surface area (Å²) in [6, 6.07) is 14.3. The number of phenols is 2. The van der Waals surface area contributed by atoms with Gasteiger partial charge in [-0.15, -0.1) is 28.8 Å². The fourth-order valence-electron chi connectivity index (χ4n) is 2.14. The van der Waals surface area contributed by atoms with Crippen LogP contribution in [0.4, 0.5) is 0 Å². The van der Waals surface area contributed by atoms with E-state index in [1.807, 2.05) is 47.2 Å². The number of aromatic nitrogens is 1. The zero-order chi connectivity index (χ0) is 16.2. The van der Waals surface area contributed by atoms with Gasteiger partial charge >= 0.3 is 0 Å². The second-order valence-corrected chi connectivity index (χ2v) is 5.75. The summed E-state index contributed by atoms with van der Waals surface area (Å²) >= 11 is 1.49. The summed E-state index contributed by atoms with van der Waals surface area (Å²) in [4.78, 5) is 0.739. The van der Waals surface area contributed by atoms with E-state index in [1.54, 1.807) is 6.07 Å². The van der Waals surface area contributed by atoms with Crippen LogP contribution >= 0.6 is 23.7 Å². The average Bonchev–Trinajstić information content (AvgIpc) is 2.91. The lowest BCUT2D eigenvalue weighted by Crippen LogP contribution is -2.13. The highest BCUT2D eigenvalue weighted by Gasteiger charge is 2.03. The van der Waals surface area contributed by atoms with Crippen molar-refractivity contribution >= 4 is 30.0 Å². The number of nitrogens with zero attached hydrogens (tertiary/aromatic N) is 3. The Hall–Kier alpha value is -2.57. The van der Waals surface area contributed by atoms with Gasteiger partial charge in [0.1, 0.15) is 11.5 Å². The van der Waals surface area contributed by atoms with Crippen molar-refractivity contribution in [2.75, 3.05) is 0 Å². The minimum atomic E-state index is -0.0396. The molecule has 0 unspecified atom stereocenters. The summed E-state index contributed by atoms with van der Waals surface area (Å²) in [5.41, 5.74) is 2.58. The second-order valence-electron chi connectivity index (χ2n) is 4.92. The molecule has 2 aromatic carbocycles. The summed E-state index contributed by atoms with van der Waals surface area (Å²) in [5, 5.41) is 29.3. The number of aryl methyl sites for hydroxylation is 1. The van der Waals surface area contributed by atoms with Gasteiger partial charge in [0.25, 0.3) is 0 Å². The summed E-state index contributed by atoms with van der Waals surface area (Å²) in [5.74, 6) is -0.0327. The molecule has 0 atom stereocenters. The third kappa shape index (κ3) is 3.84. The number of hydrogen-bond donors (Lipinski definition) is 2. The van der Waals surface area contributed by atoms with Crippen LogP contribution in [-0.4, -0.2) is 21.0 Å². The van der Waals surface area contributed by atoms with E-state index in [1.165, 1.54) is 29.7 Å². The highest BCUT2D eigenvalue weighted by molar-refractivity contribution is 7.07. The summed E-state index contributed by atoms with van der Waals surface area (Å²) < 4.78 is 2.01. The molecule has 3 rings (SSSR count). The van der Waals surface area contributed by atoms with Crippen LogP contribution in [0.2, 0.25) is 0 Å². The molecule has 0 aliphatic carbocycles. The van der Waals surface area contributed by atoms with Crippen molar-refractivity contribution in [2.24, 2.45) is 10.2 Å². The molecule has 2 N–H and O–H groups in total. The van der Waals surface area contributed by atoms with Gasteiger partial charge in [-0.3, -0.25) is 4.57 Å². The zero-order valence-electron chi connectivity index (χ0n) is 12.8. The highest BCUT2D eigenvalue weighted by Crippen LogP contribution is 2.20. The number of para-hydroxylation sites is 1. The maximum absolute atomic E-state index is 9.73. The van der Waals surface area contributed by atoms with E-state index < -0.39 is 0 Å². The van der Waals surface area contributed by atoms with Crippen molar-refractivity contribution in [3.63, 3.8) is 0 Å². The predicted octanol–water partition coefficient (Wildman–Crippen LogP) is 3.62. The molecule has 124 valence electrons. The molecular weight excluding hydrogens is 346 g/mol. The van der Waals surface area contributed by atoms with Crippen molar-refractivity contribution in [1.82, 2.24) is 4.57 Å². The Labute approximate surface area is 149 Å². The van der Waals surface area contributed by atoms with Crippen molar-refractivity contribution < 1.29 is 10.2 Å². The number of phenolic OH excluding ortho intramolecular Hbond substituents is 2. The fraction of sp³-hybridized carbons (Fsp3) is 0.0588. The van der Waals surface area contributed by atoms with Crippen LogP contribution in [0.25, 0.3) is 5.69 Å². The minimum absolute atomic E-state index is 0. The smallest absolute Gasteiger partial charge is 0.215 e. The third-order valence-electron chi connectivity index (χ3n) is 3.25. The van der Waals surface area contributed by atoms with Gasteiger partial charge in [-0.05, 0) is 31.2 Å². The van der Waals surface area contributed by atoms with E-state index in [0.717, 1.165) is 16.2 Å². The Kier molecular flexibility index (Phi) is 5.78. The molecule has 0 amide bonds. The molecule has 0 fully saturated rings. The number of halogens is 1. The normalized spacial score (nSPS) is 11.6. The van der Waals surface area contributed by atoms with Gasteiger partial charge in [-0.1, -0.05) is 18.2 Å². The van der Waals surface area contributed by atoms with Gasteiger partial charge in [-0.25, -0.2) is 0 Å². The lowest BCUT2D eigenvalue weighted by atomic mass is 10.2. The lowest BCUT2D eigenvalue weighted by molar-refractivity contribution is 0.450. The first-order valence-corrected chi connectivity index (χ1v) is 7.85. The van der Waals surface area contributed by atoms with Crippen LogP contribution in [0.5, 0.6) is 11.5 Å². The monoisotopic (exact) mass is 361 g/mol. The number of benzene rings is 2. The van der Waals surface area contributed by atoms with Crippen LogP contribution < -0.4 is 4.80 Å². The molecule has 0 aliphatic heterocycles. The van der Waals surface area contributed by atoms with Crippen molar-refractivity contribution in [3.8, 4) is 17.2 Å². The Morgan fingerprint density at radius 3 is 2.54 bits per heavy atom. The molecule has 0 spiro atoms. The topological polar surface area (TPSA) is 70.1 Å². The molecule has 5 nitrogen and oxygen atoms in total. The Morgan fingerprint density at radius 2 is 1.83 bits per heavy atom. The van der Waals surface area contributed by atoms with E-state index in [0.29, 0.717) is 5.56 Å². The molecule has 0 saturated carbocycles. The lowest BCUT2D eigenvalue weighted by Gasteiger charge is -2.04. The molecular formula is C17H16ClN3O2S. The largest absolute Gasteiger partial charge is 0.508 e. The highest BCUT2D eigenvalue weighted by atomic mass is 35.5. The van der Waals surface area contributed by atoms with E-state index in [2.05, 4.69) is 10.2 Å². The molecule has 1 aromatic heterocycles. The summed E-state index contributed by atoms with van der Waals surface area (Å²) in [7, 11) is 0. The number of rotatable bonds is 3. The minimum Gasteiger partial charge on any atom is -0.508 e. The van der Waals surface area contributed by atoms with Crippen LogP contribution in [0, 0.1) is 6.92 Å². The number of hydrogen-bond acceptors (Lipinski definition) is 5. The van der Waals surface area contributed by atoms with Crippen LogP contribution in [0.3, 0.4) is 0 Å². The van der Waals surface area contributed by atoms with Crippen LogP contribution in [0.15, 0.2) is 64.1 Å². The van der Waals surface area contributed by atoms with Gasteiger partial charge in [0.05, 0.1) is 6.21 Å². The SMILES string of the molecule is Cc1csc(=NN=Cc2ccc(O)cc2O)n1-c1ccccc1.Cl. The van der Waals surface area contributed by atoms with Gasteiger partial charge in [-0.2, -0.15) is 5.10 Å². The fourth-order valence-corrected chi connectivity index (χ4v) is 2.97. The van der Waals surface area contributed by atoms with Crippen molar-refractivity contribution in [3.05, 3.63) is 70.0 Å². The molecule has 7 heteroatoms. The molecule has 0 radical (unpaired) electrons. The first-order chi connectivity index (χ1) is 11.1. The second kappa shape index (κ2) is 7.81. The standard InChI is InChI=1S/C17H15N3O2S.ClH/c1-12-11-23-17(20(12)14-5-3-2-4-6-14)19-18-10-13-7-8-15(21)9-16(13)22;/h2-11,21-22H,1H3;1H. The van der Waals surface area contributed by atoms with Gasteiger partial charge in [0.15, 0.2) is 0 Å². The van der Waals surface area contributed by atoms with Crippen LogP contribution in [0.1, 0.15) is 11.3 Å². The first-order valence-electron chi connectivity index (χ1n) is 6.97.